The first-order valence-electron chi connectivity index (χ1n) is 6.78. The molecular weight excluding hydrogens is 276 g/mol. The molecule has 1 N–H and O–H groups in total. The first kappa shape index (κ1) is 14.9. The normalized spacial score (nSPS) is 15.2. The van der Waals surface area contributed by atoms with Gasteiger partial charge in [0, 0.05) is 13.1 Å². The lowest BCUT2D eigenvalue weighted by Crippen LogP contribution is -2.46. The Morgan fingerprint density at radius 2 is 1.80 bits per heavy atom. The molecule has 1 saturated heterocycles. The molecule has 0 aliphatic carbocycles. The summed E-state index contributed by atoms with van der Waals surface area (Å²) in [6.07, 6.45) is 2.02. The van der Waals surface area contributed by atoms with E-state index in [1.807, 2.05) is 0 Å². The number of anilines is 1. The van der Waals surface area contributed by atoms with Crippen molar-refractivity contribution in [2.75, 3.05) is 18.4 Å². The first-order valence-corrected chi connectivity index (χ1v) is 7.16. The van der Waals surface area contributed by atoms with Gasteiger partial charge in [-0.2, -0.15) is 0 Å². The quantitative estimate of drug-likeness (QED) is 0.872. The standard InChI is InChI=1S/C15H19ClN2O2/c1-15(2,14(20)18-9-5-6-10-18)13(19)17-12-8-4-3-7-11(12)16/h3-4,7-8H,5-6,9-10H2,1-2H3,(H,17,19). The number of likely N-dealkylation sites (tertiary alicyclic amines) is 1. The molecule has 0 bridgehead atoms. The number of rotatable bonds is 3. The monoisotopic (exact) mass is 294 g/mol. The van der Waals surface area contributed by atoms with Gasteiger partial charge < -0.3 is 10.2 Å². The van der Waals surface area contributed by atoms with Gasteiger partial charge in [0.25, 0.3) is 0 Å². The highest BCUT2D eigenvalue weighted by atomic mass is 35.5. The van der Waals surface area contributed by atoms with Crippen molar-refractivity contribution in [3.05, 3.63) is 29.3 Å². The molecule has 5 heteroatoms. The molecule has 0 atom stereocenters. The second kappa shape index (κ2) is 5.83. The summed E-state index contributed by atoms with van der Waals surface area (Å²) in [5, 5.41) is 3.20. The molecule has 1 aliphatic heterocycles. The Morgan fingerprint density at radius 1 is 1.20 bits per heavy atom. The number of hydrogen-bond acceptors (Lipinski definition) is 2. The van der Waals surface area contributed by atoms with Crippen molar-refractivity contribution >= 4 is 29.1 Å². The van der Waals surface area contributed by atoms with Crippen LogP contribution in [0.2, 0.25) is 5.02 Å². The number of nitrogens with zero attached hydrogens (tertiary/aromatic N) is 1. The maximum atomic E-state index is 12.4. The van der Waals surface area contributed by atoms with Crippen molar-refractivity contribution in [2.24, 2.45) is 5.41 Å². The van der Waals surface area contributed by atoms with E-state index in [0.717, 1.165) is 25.9 Å². The average molecular weight is 295 g/mol. The highest BCUT2D eigenvalue weighted by molar-refractivity contribution is 6.33. The molecule has 0 spiro atoms. The highest BCUT2D eigenvalue weighted by Gasteiger charge is 2.40. The van der Waals surface area contributed by atoms with Crippen molar-refractivity contribution in [1.82, 2.24) is 4.90 Å². The fourth-order valence-corrected chi connectivity index (χ4v) is 2.44. The molecule has 1 aromatic carbocycles. The summed E-state index contributed by atoms with van der Waals surface area (Å²) in [5.41, 5.74) is -0.565. The molecule has 0 saturated carbocycles. The van der Waals surface area contributed by atoms with Crippen molar-refractivity contribution in [2.45, 2.75) is 26.7 Å². The molecular formula is C15H19ClN2O2. The van der Waals surface area contributed by atoms with Crippen LogP contribution in [-0.2, 0) is 9.59 Å². The number of benzene rings is 1. The van der Waals surface area contributed by atoms with Crippen LogP contribution in [0.25, 0.3) is 0 Å². The summed E-state index contributed by atoms with van der Waals surface area (Å²) >= 11 is 6.02. The predicted octanol–water partition coefficient (Wildman–Crippen LogP) is 2.93. The molecule has 4 nitrogen and oxygen atoms in total. The smallest absolute Gasteiger partial charge is 0.239 e. The zero-order valence-corrected chi connectivity index (χ0v) is 12.5. The summed E-state index contributed by atoms with van der Waals surface area (Å²) in [6, 6.07) is 7.00. The number of amides is 2. The van der Waals surface area contributed by atoms with Gasteiger partial charge in [0.1, 0.15) is 5.41 Å². The van der Waals surface area contributed by atoms with Crippen LogP contribution in [0.3, 0.4) is 0 Å². The summed E-state index contributed by atoms with van der Waals surface area (Å²) < 4.78 is 0. The number of halogens is 1. The van der Waals surface area contributed by atoms with E-state index < -0.39 is 5.41 Å². The summed E-state index contributed by atoms with van der Waals surface area (Å²) in [6.45, 7) is 4.78. The van der Waals surface area contributed by atoms with E-state index in [-0.39, 0.29) is 11.8 Å². The van der Waals surface area contributed by atoms with Gasteiger partial charge in [-0.25, -0.2) is 0 Å². The van der Waals surface area contributed by atoms with Gasteiger partial charge in [-0.05, 0) is 38.8 Å². The Labute approximate surface area is 124 Å². The van der Waals surface area contributed by atoms with Gasteiger partial charge >= 0.3 is 0 Å². The van der Waals surface area contributed by atoms with Crippen molar-refractivity contribution < 1.29 is 9.59 Å². The lowest BCUT2D eigenvalue weighted by Gasteiger charge is -2.28. The van der Waals surface area contributed by atoms with Crippen LogP contribution in [-0.4, -0.2) is 29.8 Å². The van der Waals surface area contributed by atoms with E-state index in [4.69, 9.17) is 11.6 Å². The minimum atomic E-state index is -1.09. The molecule has 1 fully saturated rings. The third-order valence-corrected chi connectivity index (χ3v) is 3.95. The molecule has 1 aliphatic rings. The summed E-state index contributed by atoms with van der Waals surface area (Å²) in [4.78, 5) is 26.5. The molecule has 1 heterocycles. The minimum absolute atomic E-state index is 0.125. The Bertz CT molecular complexity index is 522. The van der Waals surface area contributed by atoms with E-state index in [1.165, 1.54) is 0 Å². The molecule has 108 valence electrons. The van der Waals surface area contributed by atoms with Gasteiger partial charge in [0.2, 0.25) is 11.8 Å². The second-order valence-electron chi connectivity index (χ2n) is 5.56. The predicted molar refractivity (Wildman–Crippen MR) is 79.7 cm³/mol. The van der Waals surface area contributed by atoms with Crippen LogP contribution in [0.4, 0.5) is 5.69 Å². The Kier molecular flexibility index (Phi) is 4.33. The van der Waals surface area contributed by atoms with Crippen LogP contribution in [0.1, 0.15) is 26.7 Å². The number of nitrogens with one attached hydrogen (secondary N) is 1. The molecule has 2 amide bonds. The van der Waals surface area contributed by atoms with Gasteiger partial charge in [-0.15, -0.1) is 0 Å². The fraction of sp³-hybridized carbons (Fsp3) is 0.467. The Hall–Kier alpha value is -1.55. The van der Waals surface area contributed by atoms with E-state index in [2.05, 4.69) is 5.32 Å². The van der Waals surface area contributed by atoms with Crippen LogP contribution >= 0.6 is 11.6 Å². The van der Waals surface area contributed by atoms with Gasteiger partial charge in [0.05, 0.1) is 10.7 Å². The molecule has 0 unspecified atom stereocenters. The molecule has 2 rings (SSSR count). The third-order valence-electron chi connectivity index (χ3n) is 3.62. The lowest BCUT2D eigenvalue weighted by molar-refractivity contribution is -0.145. The minimum Gasteiger partial charge on any atom is -0.342 e. The van der Waals surface area contributed by atoms with E-state index in [1.54, 1.807) is 43.0 Å². The van der Waals surface area contributed by atoms with Crippen molar-refractivity contribution in [1.29, 1.82) is 0 Å². The highest BCUT2D eigenvalue weighted by Crippen LogP contribution is 2.27. The third kappa shape index (κ3) is 2.96. The summed E-state index contributed by atoms with van der Waals surface area (Å²) in [5.74, 6) is -0.456. The number of hydrogen-bond donors (Lipinski definition) is 1. The average Bonchev–Trinajstić information content (AvgIpc) is 2.94. The molecule has 20 heavy (non-hydrogen) atoms. The van der Waals surface area contributed by atoms with Crippen LogP contribution in [0.15, 0.2) is 24.3 Å². The zero-order chi connectivity index (χ0) is 14.8. The number of carbonyl (C=O) groups is 2. The largest absolute Gasteiger partial charge is 0.342 e. The summed E-state index contributed by atoms with van der Waals surface area (Å²) in [7, 11) is 0. The van der Waals surface area contributed by atoms with Gasteiger partial charge in [-0.3, -0.25) is 9.59 Å². The number of para-hydroxylation sites is 1. The maximum Gasteiger partial charge on any atom is 0.239 e. The van der Waals surface area contributed by atoms with E-state index >= 15 is 0 Å². The van der Waals surface area contributed by atoms with Crippen molar-refractivity contribution in [3.8, 4) is 0 Å². The zero-order valence-electron chi connectivity index (χ0n) is 11.8. The molecule has 1 aromatic rings. The molecule has 0 radical (unpaired) electrons. The number of carbonyl (C=O) groups excluding carboxylic acids is 2. The maximum absolute atomic E-state index is 12.4. The molecule has 0 aromatic heterocycles. The first-order chi connectivity index (χ1) is 9.43. The van der Waals surface area contributed by atoms with Crippen LogP contribution in [0, 0.1) is 5.41 Å². The van der Waals surface area contributed by atoms with E-state index in [9.17, 15) is 9.59 Å². The van der Waals surface area contributed by atoms with Gasteiger partial charge in [0.15, 0.2) is 0 Å². The Morgan fingerprint density at radius 3 is 2.40 bits per heavy atom. The van der Waals surface area contributed by atoms with E-state index in [0.29, 0.717) is 10.7 Å². The Balaban J connectivity index is 2.10. The van der Waals surface area contributed by atoms with Crippen LogP contribution in [0.5, 0.6) is 0 Å². The topological polar surface area (TPSA) is 49.4 Å². The van der Waals surface area contributed by atoms with Gasteiger partial charge in [-0.1, -0.05) is 23.7 Å². The SMILES string of the molecule is CC(C)(C(=O)Nc1ccccc1Cl)C(=O)N1CCCC1. The second-order valence-corrected chi connectivity index (χ2v) is 5.97. The van der Waals surface area contributed by atoms with Crippen molar-refractivity contribution in [3.63, 3.8) is 0 Å². The lowest BCUT2D eigenvalue weighted by atomic mass is 9.90. The van der Waals surface area contributed by atoms with Crippen LogP contribution < -0.4 is 5.32 Å². The fourth-order valence-electron chi connectivity index (χ4n) is 2.25.